The molecule has 26 heavy (non-hydrogen) atoms. The molecular formula is C23H21FN2. The summed E-state index contributed by atoms with van der Waals surface area (Å²) in [7, 11) is 4.15. The second kappa shape index (κ2) is 6.77. The van der Waals surface area contributed by atoms with Crippen molar-refractivity contribution in [2.24, 2.45) is 0 Å². The van der Waals surface area contributed by atoms with Crippen molar-refractivity contribution in [2.45, 2.75) is 6.54 Å². The molecule has 3 heteroatoms. The Balaban J connectivity index is 2.00. The number of benzene rings is 3. The van der Waals surface area contributed by atoms with E-state index in [-0.39, 0.29) is 5.82 Å². The predicted molar refractivity (Wildman–Crippen MR) is 107 cm³/mol. The molecule has 0 saturated carbocycles. The summed E-state index contributed by atoms with van der Waals surface area (Å²) in [5.74, 6) is -0.223. The van der Waals surface area contributed by atoms with E-state index >= 15 is 0 Å². The van der Waals surface area contributed by atoms with E-state index in [1.807, 2.05) is 18.2 Å². The van der Waals surface area contributed by atoms with Crippen molar-refractivity contribution in [1.29, 1.82) is 0 Å². The molecule has 0 bridgehead atoms. The number of halogens is 1. The number of nitrogens with zero attached hydrogens (tertiary/aromatic N) is 1. The van der Waals surface area contributed by atoms with Gasteiger partial charge in [0.15, 0.2) is 0 Å². The Labute approximate surface area is 152 Å². The summed E-state index contributed by atoms with van der Waals surface area (Å²) in [5, 5.41) is 1.18. The highest BCUT2D eigenvalue weighted by Crippen LogP contribution is 2.39. The summed E-state index contributed by atoms with van der Waals surface area (Å²) in [6.07, 6.45) is 0. The van der Waals surface area contributed by atoms with Crippen molar-refractivity contribution in [1.82, 2.24) is 9.88 Å². The van der Waals surface area contributed by atoms with Gasteiger partial charge in [-0.2, -0.15) is 0 Å². The summed E-state index contributed by atoms with van der Waals surface area (Å²) in [5.41, 5.74) is 6.74. The van der Waals surface area contributed by atoms with Gasteiger partial charge in [-0.05, 0) is 61.1 Å². The maximum absolute atomic E-state index is 13.4. The number of rotatable bonds is 4. The maximum Gasteiger partial charge on any atom is 0.123 e. The van der Waals surface area contributed by atoms with Crippen LogP contribution in [0.15, 0.2) is 72.8 Å². The van der Waals surface area contributed by atoms with Crippen LogP contribution in [0.1, 0.15) is 5.56 Å². The maximum atomic E-state index is 13.4. The van der Waals surface area contributed by atoms with Crippen LogP contribution < -0.4 is 0 Å². The molecule has 0 atom stereocenters. The number of aromatic nitrogens is 1. The predicted octanol–water partition coefficient (Wildman–Crippen LogP) is 5.70. The van der Waals surface area contributed by atoms with Crippen molar-refractivity contribution in [3.63, 3.8) is 0 Å². The Morgan fingerprint density at radius 3 is 2.31 bits per heavy atom. The molecule has 0 radical (unpaired) electrons. The van der Waals surface area contributed by atoms with Crippen LogP contribution in [0.3, 0.4) is 0 Å². The van der Waals surface area contributed by atoms with Crippen molar-refractivity contribution in [3.8, 4) is 22.4 Å². The molecule has 1 heterocycles. The molecule has 0 aliphatic heterocycles. The smallest absolute Gasteiger partial charge is 0.123 e. The van der Waals surface area contributed by atoms with Gasteiger partial charge in [0.05, 0.1) is 5.69 Å². The fourth-order valence-corrected chi connectivity index (χ4v) is 3.50. The zero-order valence-electron chi connectivity index (χ0n) is 15.0. The van der Waals surface area contributed by atoms with Crippen LogP contribution in [0, 0.1) is 5.82 Å². The number of aromatic amines is 1. The zero-order chi connectivity index (χ0) is 18.1. The third-order valence-corrected chi connectivity index (χ3v) is 4.61. The van der Waals surface area contributed by atoms with Gasteiger partial charge in [0.2, 0.25) is 0 Å². The molecule has 3 aromatic carbocycles. The number of H-pyrrole nitrogens is 1. The van der Waals surface area contributed by atoms with E-state index in [0.29, 0.717) is 0 Å². The molecule has 1 aromatic heterocycles. The Hall–Kier alpha value is -2.91. The topological polar surface area (TPSA) is 19.0 Å². The first-order chi connectivity index (χ1) is 12.6. The molecule has 130 valence electrons. The fraction of sp³-hybridized carbons (Fsp3) is 0.130. The van der Waals surface area contributed by atoms with Crippen LogP contribution in [0.4, 0.5) is 4.39 Å². The average Bonchev–Trinajstić information content (AvgIpc) is 3.02. The van der Waals surface area contributed by atoms with Crippen LogP contribution in [0.5, 0.6) is 0 Å². The molecule has 2 nitrogen and oxygen atoms in total. The normalized spacial score (nSPS) is 11.4. The first kappa shape index (κ1) is 16.6. The lowest BCUT2D eigenvalue weighted by atomic mass is 9.94. The quantitative estimate of drug-likeness (QED) is 0.503. The lowest BCUT2D eigenvalue weighted by molar-refractivity contribution is 0.403. The van der Waals surface area contributed by atoms with Crippen molar-refractivity contribution >= 4 is 10.9 Å². The second-order valence-electron chi connectivity index (χ2n) is 6.82. The summed E-state index contributed by atoms with van der Waals surface area (Å²) in [6, 6.07) is 23.5. The number of hydrogen-bond donors (Lipinski definition) is 1. The summed E-state index contributed by atoms with van der Waals surface area (Å²) >= 11 is 0. The highest BCUT2D eigenvalue weighted by Gasteiger charge is 2.17. The molecule has 4 aromatic rings. The Bertz CT molecular complexity index is 1050. The third kappa shape index (κ3) is 3.02. The molecule has 0 aliphatic carbocycles. The number of para-hydroxylation sites is 1. The van der Waals surface area contributed by atoms with Crippen LogP contribution in [0.25, 0.3) is 33.3 Å². The van der Waals surface area contributed by atoms with Crippen LogP contribution in [-0.4, -0.2) is 24.0 Å². The minimum atomic E-state index is -0.223. The number of nitrogens with one attached hydrogen (secondary N) is 1. The van der Waals surface area contributed by atoms with Crippen molar-refractivity contribution in [3.05, 3.63) is 84.2 Å². The van der Waals surface area contributed by atoms with Gasteiger partial charge >= 0.3 is 0 Å². The van der Waals surface area contributed by atoms with Crippen LogP contribution in [-0.2, 0) is 6.54 Å². The van der Waals surface area contributed by atoms with Gasteiger partial charge in [-0.25, -0.2) is 4.39 Å². The highest BCUT2D eigenvalue weighted by atomic mass is 19.1. The summed E-state index contributed by atoms with van der Waals surface area (Å²) < 4.78 is 13.4. The molecule has 0 aliphatic rings. The highest BCUT2D eigenvalue weighted by molar-refractivity contribution is 6.04. The van der Waals surface area contributed by atoms with E-state index in [4.69, 9.17) is 0 Å². The summed E-state index contributed by atoms with van der Waals surface area (Å²) in [4.78, 5) is 5.71. The van der Waals surface area contributed by atoms with Gasteiger partial charge in [0, 0.05) is 23.0 Å². The molecule has 0 unspecified atom stereocenters. The van der Waals surface area contributed by atoms with Gasteiger partial charge in [0.25, 0.3) is 0 Å². The largest absolute Gasteiger partial charge is 0.354 e. The minimum absolute atomic E-state index is 0.223. The van der Waals surface area contributed by atoms with Gasteiger partial charge < -0.3 is 9.88 Å². The van der Waals surface area contributed by atoms with Gasteiger partial charge in [-0.3, -0.25) is 0 Å². The average molecular weight is 344 g/mol. The lowest BCUT2D eigenvalue weighted by Crippen LogP contribution is -2.11. The van der Waals surface area contributed by atoms with Gasteiger partial charge in [-0.15, -0.1) is 0 Å². The number of hydrogen-bond acceptors (Lipinski definition) is 1. The van der Waals surface area contributed by atoms with Gasteiger partial charge in [0.1, 0.15) is 5.82 Å². The van der Waals surface area contributed by atoms with E-state index in [0.717, 1.165) is 23.3 Å². The molecule has 0 saturated heterocycles. The lowest BCUT2D eigenvalue weighted by Gasteiger charge is -2.15. The molecule has 1 N–H and O–H groups in total. The van der Waals surface area contributed by atoms with Crippen LogP contribution in [0.2, 0.25) is 0 Å². The van der Waals surface area contributed by atoms with Gasteiger partial charge in [-0.1, -0.05) is 42.5 Å². The summed E-state index contributed by atoms with van der Waals surface area (Å²) in [6.45, 7) is 0.860. The molecule has 0 amide bonds. The molecule has 4 rings (SSSR count). The standard InChI is InChI=1S/C23H21FN2/c1-26(2)15-17-7-3-4-8-19(17)22-20-9-5-6-10-21(20)25-23(22)16-11-13-18(24)14-12-16/h3-14,25H,15H2,1-2H3. The first-order valence-electron chi connectivity index (χ1n) is 8.73. The monoisotopic (exact) mass is 344 g/mol. The van der Waals surface area contributed by atoms with E-state index in [1.165, 1.54) is 34.2 Å². The first-order valence-corrected chi connectivity index (χ1v) is 8.73. The fourth-order valence-electron chi connectivity index (χ4n) is 3.50. The SMILES string of the molecule is CN(C)Cc1ccccc1-c1c(-c2ccc(F)cc2)[nH]c2ccccc12. The zero-order valence-corrected chi connectivity index (χ0v) is 15.0. The third-order valence-electron chi connectivity index (χ3n) is 4.61. The molecule has 0 spiro atoms. The second-order valence-corrected chi connectivity index (χ2v) is 6.82. The minimum Gasteiger partial charge on any atom is -0.354 e. The van der Waals surface area contributed by atoms with E-state index in [2.05, 4.69) is 66.4 Å². The van der Waals surface area contributed by atoms with Crippen molar-refractivity contribution < 1.29 is 4.39 Å². The Morgan fingerprint density at radius 1 is 0.846 bits per heavy atom. The van der Waals surface area contributed by atoms with Crippen molar-refractivity contribution in [2.75, 3.05) is 14.1 Å². The Kier molecular flexibility index (Phi) is 4.31. The van der Waals surface area contributed by atoms with Crippen LogP contribution >= 0.6 is 0 Å². The van der Waals surface area contributed by atoms with E-state index in [9.17, 15) is 4.39 Å². The van der Waals surface area contributed by atoms with E-state index in [1.54, 1.807) is 0 Å². The Morgan fingerprint density at radius 2 is 1.54 bits per heavy atom. The van der Waals surface area contributed by atoms with E-state index < -0.39 is 0 Å². The molecule has 0 fully saturated rings. The number of fused-ring (bicyclic) bond motifs is 1. The molecular weight excluding hydrogens is 323 g/mol.